The summed E-state index contributed by atoms with van der Waals surface area (Å²) in [7, 11) is 0. The Morgan fingerprint density at radius 3 is 0.895 bits per heavy atom. The molecule has 0 radical (unpaired) electrons. The van der Waals surface area contributed by atoms with Crippen molar-refractivity contribution in [1.82, 2.24) is 5.32 Å². The number of alkyl halides is 18. The van der Waals surface area contributed by atoms with Crippen molar-refractivity contribution in [1.29, 1.82) is 0 Å². The van der Waals surface area contributed by atoms with Gasteiger partial charge in [0.25, 0.3) is 0 Å². The SMILES string of the molecule is CCCCCCCCCCCCCCCCCCCC(=O)NC[C@H]1O[C@@H](O[C@@H]2[C@@H](O)[C@H](N)C[C@H](N)[C@H]2O[C@H]2O[C@H](CN)[C@@H](O)[C@H](O)[C@H]2N)[C@H](O)[C@@H]1O[C@H]1O[C@@H](CN)[C@@H](O)[C@H](O)[C@H]1N.O=C(O)C(F)(F)F.O=C(O)C(F)(F)F.O=C(O)C(F)(F)F.O=C(O)C(F)(F)F.O=C(O)C(F)(F)F.O=C(O)C(F)(F)F. The number of carboxylic acids is 6. The molecule has 3 aliphatic heterocycles. The highest BCUT2D eigenvalue weighted by Gasteiger charge is 2.55. The molecule has 0 aromatic heterocycles. The number of hydrogen-bond acceptors (Lipinski definition) is 25. The maximum Gasteiger partial charge on any atom is 0.490 e. The van der Waals surface area contributed by atoms with Crippen molar-refractivity contribution in [2.45, 2.75) is 282 Å². The van der Waals surface area contributed by atoms with Crippen molar-refractivity contribution in [2.24, 2.45) is 34.4 Å². The van der Waals surface area contributed by atoms with Crippen LogP contribution in [-0.4, -0.2) is 276 Å². The van der Waals surface area contributed by atoms with E-state index in [1.54, 1.807) is 0 Å². The summed E-state index contributed by atoms with van der Waals surface area (Å²) >= 11 is 0. The topological polar surface area (TPSA) is 586 Å². The Hall–Kier alpha value is -5.69. The number of aliphatic hydroxyl groups excluding tert-OH is 6. The van der Waals surface area contributed by atoms with Crippen molar-refractivity contribution < 1.29 is 202 Å². The monoisotopic (exact) mass is 1590 g/mol. The molecule has 25 N–H and O–H groups in total. The second-order valence-electron chi connectivity index (χ2n) is 23.1. The van der Waals surface area contributed by atoms with Gasteiger partial charge in [0.1, 0.15) is 67.1 Å². The van der Waals surface area contributed by atoms with Crippen LogP contribution in [-0.2, 0) is 62.0 Å². The lowest BCUT2D eigenvalue weighted by Crippen LogP contribution is -2.68. The number of carboxylic acid groups (broad SMARTS) is 6. The Morgan fingerprint density at radius 2 is 0.619 bits per heavy atom. The minimum Gasteiger partial charge on any atom is -0.475 e. The number of aliphatic carboxylic acids is 6. The number of carbonyl (C=O) groups is 7. The predicted molar refractivity (Wildman–Crippen MR) is 315 cm³/mol. The van der Waals surface area contributed by atoms with Gasteiger partial charge in [-0.05, 0) is 12.8 Å². The molecule has 0 aromatic rings. The molecule has 3 saturated heterocycles. The lowest BCUT2D eigenvalue weighted by Gasteiger charge is -2.47. The number of aliphatic hydroxyl groups is 6. The largest absolute Gasteiger partial charge is 0.490 e. The van der Waals surface area contributed by atoms with Gasteiger partial charge in [0.05, 0.1) is 18.2 Å². The molecule has 1 aliphatic carbocycles. The molecule has 50 heteroatoms. The molecule has 0 bridgehead atoms. The average Bonchev–Trinajstić information content (AvgIpc) is 1.75. The molecule has 1 saturated carbocycles. The maximum absolute atomic E-state index is 13.1. The van der Waals surface area contributed by atoms with E-state index in [0.717, 1.165) is 19.3 Å². The van der Waals surface area contributed by atoms with Gasteiger partial charge in [-0.1, -0.05) is 110 Å². The first-order valence-electron chi connectivity index (χ1n) is 31.4. The average molecular weight is 1590 g/mol. The summed E-state index contributed by atoms with van der Waals surface area (Å²) in [6.07, 6.45) is -29.1. The van der Waals surface area contributed by atoms with Crippen LogP contribution in [0, 0.1) is 0 Å². The Labute approximate surface area is 584 Å². The maximum atomic E-state index is 13.1. The molecule has 3 heterocycles. The molecule has 32 nitrogen and oxygen atoms in total. The predicted octanol–water partition coefficient (Wildman–Crippen LogP) is 2.07. The number of hydrogen-bond donors (Lipinski definition) is 19. The van der Waals surface area contributed by atoms with Crippen LogP contribution in [0.4, 0.5) is 79.0 Å². The van der Waals surface area contributed by atoms with Gasteiger partial charge in [-0.15, -0.1) is 0 Å². The van der Waals surface area contributed by atoms with E-state index in [-0.39, 0.29) is 38.4 Å². The molecule has 0 aromatic carbocycles. The number of carbonyl (C=O) groups excluding carboxylic acids is 1. The fraction of sp³-hybridized carbons (Fsp3) is 0.873. The highest BCUT2D eigenvalue weighted by Crippen LogP contribution is 2.35. The first-order valence-corrected chi connectivity index (χ1v) is 31.4. The standard InChI is InChI=1S/C43H85N7O13.6C2HF3O2/c1-2-3-4-5-6-7-8-9-10-11-12-13-14-15-16-17-18-19-29(51)50-23-28-39(62-42-31(49)36(56)34(54)27(22-45)59-42)37(57)43(60-28)63-40-32(52)24(46)20-25(47)38(40)61-41-30(48)35(55)33(53)26(21-44)58-41;6*3-2(4,5)1(6)7/h24-28,30-43,52-57H,2-23,44-49H2,1H3,(H,50,51);6*(H,6,7)/t24-,25+,26-,27+,28-,30-,31-,32+,33-,34-,35-,36-,37-,38-,39-,40-,41-,42-,43+;;;;;;/m1....../s1. The Morgan fingerprint density at radius 1 is 0.362 bits per heavy atom. The minimum atomic E-state index is -5.08. The minimum absolute atomic E-state index is 0.0838. The molecule has 0 unspecified atom stereocenters. The zero-order chi connectivity index (χ0) is 82.5. The van der Waals surface area contributed by atoms with E-state index < -0.39 is 189 Å². The van der Waals surface area contributed by atoms with E-state index >= 15 is 0 Å². The van der Waals surface area contributed by atoms with Crippen LogP contribution in [0.5, 0.6) is 0 Å². The van der Waals surface area contributed by atoms with Gasteiger partial charge in [0.2, 0.25) is 5.91 Å². The number of amides is 1. The number of halogens is 18. The van der Waals surface area contributed by atoms with E-state index in [4.69, 9.17) is 122 Å². The summed E-state index contributed by atoms with van der Waals surface area (Å²) in [5.74, 6) is -16.8. The Kier molecular flexibility index (Phi) is 48.7. The lowest BCUT2D eigenvalue weighted by molar-refractivity contribution is -0.306. The van der Waals surface area contributed by atoms with E-state index in [0.29, 0.717) is 6.42 Å². The fourth-order valence-electron chi connectivity index (χ4n) is 9.07. The number of nitrogens with one attached hydrogen (secondary N) is 1. The fourth-order valence-corrected chi connectivity index (χ4v) is 9.07. The molecule has 4 aliphatic rings. The zero-order valence-electron chi connectivity index (χ0n) is 55.5. The summed E-state index contributed by atoms with van der Waals surface area (Å²) in [6, 6.07) is -4.25. The van der Waals surface area contributed by atoms with E-state index in [1.807, 2.05) is 0 Å². The summed E-state index contributed by atoms with van der Waals surface area (Å²) in [5.41, 5.74) is 36.6. The zero-order valence-corrected chi connectivity index (χ0v) is 55.5. The molecular weight excluding hydrogens is 1500 g/mol. The van der Waals surface area contributed by atoms with Crippen LogP contribution in [0.3, 0.4) is 0 Å². The van der Waals surface area contributed by atoms with Crippen molar-refractivity contribution in [2.75, 3.05) is 19.6 Å². The lowest BCUT2D eigenvalue weighted by atomic mass is 9.84. The van der Waals surface area contributed by atoms with Gasteiger partial charge in [-0.25, -0.2) is 28.8 Å². The van der Waals surface area contributed by atoms with Gasteiger partial charge < -0.3 is 129 Å². The first-order chi connectivity index (χ1) is 47.9. The van der Waals surface area contributed by atoms with Crippen molar-refractivity contribution in [3.8, 4) is 0 Å². The van der Waals surface area contributed by atoms with Gasteiger partial charge >= 0.3 is 72.9 Å². The van der Waals surface area contributed by atoms with Crippen LogP contribution < -0.4 is 39.7 Å². The molecule has 622 valence electrons. The second kappa shape index (κ2) is 49.4. The molecule has 105 heavy (non-hydrogen) atoms. The smallest absolute Gasteiger partial charge is 0.475 e. The summed E-state index contributed by atoms with van der Waals surface area (Å²) in [4.78, 5) is 66.4. The number of nitrogens with two attached hydrogens (primary N) is 6. The third-order valence-electron chi connectivity index (χ3n) is 14.7. The van der Waals surface area contributed by atoms with Gasteiger partial charge in [0.15, 0.2) is 18.9 Å². The highest BCUT2D eigenvalue weighted by molar-refractivity contribution is 5.76. The summed E-state index contributed by atoms with van der Waals surface area (Å²) in [5, 5.41) is 111. The number of unbranched alkanes of at least 4 members (excludes halogenated alkanes) is 16. The molecule has 1 amide bonds. The highest BCUT2D eigenvalue weighted by atomic mass is 19.4. The number of ether oxygens (including phenoxy) is 6. The Balaban J connectivity index is -0.00000198. The molecule has 4 rings (SSSR count). The van der Waals surface area contributed by atoms with Crippen LogP contribution in [0.2, 0.25) is 0 Å². The molecule has 19 atom stereocenters. The normalized spacial score (nSPS) is 28.4. The molecular formula is C55H91F18N7O25. The second-order valence-corrected chi connectivity index (χ2v) is 23.1. The third kappa shape index (κ3) is 42.6. The van der Waals surface area contributed by atoms with Gasteiger partial charge in [-0.2, -0.15) is 79.0 Å². The summed E-state index contributed by atoms with van der Waals surface area (Å²) in [6.45, 7) is 1.79. The van der Waals surface area contributed by atoms with E-state index in [9.17, 15) is 114 Å². The van der Waals surface area contributed by atoms with Crippen LogP contribution in [0.25, 0.3) is 0 Å². The Bertz CT molecular complexity index is 2310. The van der Waals surface area contributed by atoms with Gasteiger partial charge in [-0.3, -0.25) is 4.79 Å². The first kappa shape index (κ1) is 103. The van der Waals surface area contributed by atoms with E-state index in [2.05, 4.69) is 12.2 Å². The van der Waals surface area contributed by atoms with Crippen molar-refractivity contribution in [3.63, 3.8) is 0 Å². The van der Waals surface area contributed by atoms with Crippen LogP contribution >= 0.6 is 0 Å². The van der Waals surface area contributed by atoms with Gasteiger partial charge in [0, 0.05) is 38.1 Å². The quantitative estimate of drug-likeness (QED) is 0.0394. The summed E-state index contributed by atoms with van der Waals surface area (Å²) < 4.78 is 227. The van der Waals surface area contributed by atoms with E-state index in [1.165, 1.54) is 83.5 Å². The third-order valence-corrected chi connectivity index (χ3v) is 14.7. The molecule has 0 spiro atoms. The number of rotatable bonds is 28. The molecule has 4 fully saturated rings. The van der Waals surface area contributed by atoms with Crippen LogP contribution in [0.15, 0.2) is 0 Å². The van der Waals surface area contributed by atoms with Crippen molar-refractivity contribution >= 4 is 41.7 Å². The van der Waals surface area contributed by atoms with Crippen molar-refractivity contribution in [3.05, 3.63) is 0 Å². The van der Waals surface area contributed by atoms with Crippen LogP contribution in [0.1, 0.15) is 129 Å².